The Balaban J connectivity index is 1.80. The highest BCUT2D eigenvalue weighted by Crippen LogP contribution is 2.29. The van der Waals surface area contributed by atoms with Crippen molar-refractivity contribution < 1.29 is 9.21 Å². The van der Waals surface area contributed by atoms with Gasteiger partial charge in [0.15, 0.2) is 0 Å². The summed E-state index contributed by atoms with van der Waals surface area (Å²) in [6.07, 6.45) is 7.07. The molecule has 0 saturated heterocycles. The highest BCUT2D eigenvalue weighted by atomic mass is 16.3. The van der Waals surface area contributed by atoms with Crippen molar-refractivity contribution in [3.8, 4) is 0 Å². The molecule has 1 amide bonds. The second-order valence-electron chi connectivity index (χ2n) is 4.49. The fourth-order valence-corrected chi connectivity index (χ4v) is 1.98. The Bertz CT molecular complexity index is 518. The van der Waals surface area contributed by atoms with Crippen molar-refractivity contribution in [3.05, 3.63) is 54.2 Å². The van der Waals surface area contributed by atoms with Gasteiger partial charge in [-0.25, -0.2) is 0 Å². The van der Waals surface area contributed by atoms with Crippen molar-refractivity contribution in [2.75, 3.05) is 0 Å². The predicted molar refractivity (Wildman–Crippen MR) is 65.8 cm³/mol. The Hall–Kier alpha value is -2.10. The number of hydrogen-bond donors (Lipinski definition) is 0. The normalized spacial score (nSPS) is 14.4. The van der Waals surface area contributed by atoms with Crippen LogP contribution in [0.3, 0.4) is 0 Å². The van der Waals surface area contributed by atoms with E-state index >= 15 is 0 Å². The molecule has 0 atom stereocenters. The van der Waals surface area contributed by atoms with Crippen LogP contribution in [0.25, 0.3) is 0 Å². The molecule has 0 aromatic carbocycles. The predicted octanol–water partition coefficient (Wildman–Crippen LogP) is 2.48. The largest absolute Gasteiger partial charge is 0.467 e. The van der Waals surface area contributed by atoms with Gasteiger partial charge in [-0.1, -0.05) is 0 Å². The third-order valence-electron chi connectivity index (χ3n) is 3.06. The molecule has 2 heterocycles. The number of nitrogens with zero attached hydrogens (tertiary/aromatic N) is 2. The van der Waals surface area contributed by atoms with Crippen LogP contribution in [0, 0.1) is 0 Å². The maximum atomic E-state index is 12.4. The minimum atomic E-state index is 0.0296. The van der Waals surface area contributed by atoms with E-state index in [1.165, 1.54) is 0 Å². The summed E-state index contributed by atoms with van der Waals surface area (Å²) in [5.74, 6) is 0.848. The molecule has 0 unspecified atom stereocenters. The highest BCUT2D eigenvalue weighted by molar-refractivity contribution is 5.94. The third kappa shape index (κ3) is 2.27. The molecule has 18 heavy (non-hydrogen) atoms. The van der Waals surface area contributed by atoms with Gasteiger partial charge in [0.05, 0.1) is 18.4 Å². The van der Waals surface area contributed by atoms with Crippen LogP contribution >= 0.6 is 0 Å². The molecule has 0 aliphatic heterocycles. The lowest BCUT2D eigenvalue weighted by Crippen LogP contribution is -2.32. The number of furan rings is 1. The van der Waals surface area contributed by atoms with Crippen molar-refractivity contribution in [2.45, 2.75) is 25.4 Å². The van der Waals surface area contributed by atoms with Gasteiger partial charge in [-0.15, -0.1) is 0 Å². The van der Waals surface area contributed by atoms with E-state index in [-0.39, 0.29) is 5.91 Å². The van der Waals surface area contributed by atoms with E-state index in [1.54, 1.807) is 30.8 Å². The van der Waals surface area contributed by atoms with E-state index in [2.05, 4.69) is 4.98 Å². The summed E-state index contributed by atoms with van der Waals surface area (Å²) in [5.41, 5.74) is 0.635. The molecule has 0 spiro atoms. The molecule has 1 aliphatic carbocycles. The standard InChI is InChI=1S/C14H14N2O2/c17-14(11-3-1-7-15-9-11)16(12-5-6-12)10-13-4-2-8-18-13/h1-4,7-9,12H,5-6,10H2. The van der Waals surface area contributed by atoms with Gasteiger partial charge < -0.3 is 9.32 Å². The van der Waals surface area contributed by atoms with Crippen LogP contribution < -0.4 is 0 Å². The summed E-state index contributed by atoms with van der Waals surface area (Å²) in [4.78, 5) is 18.3. The topological polar surface area (TPSA) is 46.3 Å². The Morgan fingerprint density at radius 2 is 2.28 bits per heavy atom. The molecule has 0 radical (unpaired) electrons. The van der Waals surface area contributed by atoms with E-state index in [1.807, 2.05) is 17.0 Å². The van der Waals surface area contributed by atoms with Gasteiger partial charge in [0.1, 0.15) is 5.76 Å². The Labute approximate surface area is 105 Å². The summed E-state index contributed by atoms with van der Waals surface area (Å²) in [6, 6.07) is 7.67. The molecular weight excluding hydrogens is 228 g/mol. The molecule has 4 heteroatoms. The van der Waals surface area contributed by atoms with Crippen LogP contribution in [0.4, 0.5) is 0 Å². The van der Waals surface area contributed by atoms with Crippen LogP contribution in [0.15, 0.2) is 47.3 Å². The highest BCUT2D eigenvalue weighted by Gasteiger charge is 2.33. The van der Waals surface area contributed by atoms with Gasteiger partial charge in [-0.2, -0.15) is 0 Å². The van der Waals surface area contributed by atoms with Crippen LogP contribution in [-0.2, 0) is 6.54 Å². The zero-order chi connectivity index (χ0) is 12.4. The van der Waals surface area contributed by atoms with Gasteiger partial charge in [-0.3, -0.25) is 9.78 Å². The lowest BCUT2D eigenvalue weighted by Gasteiger charge is -2.21. The fourth-order valence-electron chi connectivity index (χ4n) is 1.98. The number of rotatable bonds is 4. The van der Waals surface area contributed by atoms with E-state index in [9.17, 15) is 4.79 Å². The second kappa shape index (κ2) is 4.64. The van der Waals surface area contributed by atoms with Crippen molar-refractivity contribution in [3.63, 3.8) is 0 Å². The van der Waals surface area contributed by atoms with Crippen LogP contribution in [0.2, 0.25) is 0 Å². The molecule has 3 rings (SSSR count). The first-order valence-electron chi connectivity index (χ1n) is 6.08. The Kier molecular flexibility index (Phi) is 2.84. The lowest BCUT2D eigenvalue weighted by molar-refractivity contribution is 0.0717. The first kappa shape index (κ1) is 11.0. The molecule has 4 nitrogen and oxygen atoms in total. The van der Waals surface area contributed by atoms with E-state index < -0.39 is 0 Å². The first-order valence-corrected chi connectivity index (χ1v) is 6.08. The maximum Gasteiger partial charge on any atom is 0.256 e. The molecule has 1 saturated carbocycles. The molecule has 2 aromatic rings. The zero-order valence-corrected chi connectivity index (χ0v) is 9.95. The molecule has 0 bridgehead atoms. The van der Waals surface area contributed by atoms with Crippen LogP contribution in [-0.4, -0.2) is 21.8 Å². The van der Waals surface area contributed by atoms with E-state index in [0.717, 1.165) is 18.6 Å². The van der Waals surface area contributed by atoms with Crippen molar-refractivity contribution in [1.29, 1.82) is 0 Å². The van der Waals surface area contributed by atoms with Crippen molar-refractivity contribution in [2.24, 2.45) is 0 Å². The van der Waals surface area contributed by atoms with Gasteiger partial charge in [-0.05, 0) is 37.1 Å². The van der Waals surface area contributed by atoms with Gasteiger partial charge in [0, 0.05) is 18.4 Å². The molecule has 1 aliphatic rings. The van der Waals surface area contributed by atoms with Gasteiger partial charge in [0.2, 0.25) is 0 Å². The average molecular weight is 242 g/mol. The second-order valence-corrected chi connectivity index (χ2v) is 4.49. The Morgan fingerprint density at radius 1 is 1.39 bits per heavy atom. The van der Waals surface area contributed by atoms with Crippen molar-refractivity contribution >= 4 is 5.91 Å². The zero-order valence-electron chi connectivity index (χ0n) is 9.95. The third-order valence-corrected chi connectivity index (χ3v) is 3.06. The quantitative estimate of drug-likeness (QED) is 0.827. The summed E-state index contributed by atoms with van der Waals surface area (Å²) >= 11 is 0. The van der Waals surface area contributed by atoms with Crippen LogP contribution in [0.5, 0.6) is 0 Å². The lowest BCUT2D eigenvalue weighted by atomic mass is 10.2. The minimum absolute atomic E-state index is 0.0296. The molecular formula is C14H14N2O2. The number of pyridine rings is 1. The van der Waals surface area contributed by atoms with Gasteiger partial charge >= 0.3 is 0 Å². The molecule has 2 aromatic heterocycles. The number of hydrogen-bond acceptors (Lipinski definition) is 3. The van der Waals surface area contributed by atoms with E-state index in [4.69, 9.17) is 4.42 Å². The first-order chi connectivity index (χ1) is 8.84. The van der Waals surface area contributed by atoms with Gasteiger partial charge in [0.25, 0.3) is 5.91 Å². The van der Waals surface area contributed by atoms with Crippen LogP contribution in [0.1, 0.15) is 29.0 Å². The minimum Gasteiger partial charge on any atom is -0.467 e. The molecule has 92 valence electrons. The molecule has 0 N–H and O–H groups in total. The smallest absolute Gasteiger partial charge is 0.256 e. The SMILES string of the molecule is O=C(c1cccnc1)N(Cc1ccco1)C1CC1. The summed E-state index contributed by atoms with van der Waals surface area (Å²) in [7, 11) is 0. The summed E-state index contributed by atoms with van der Waals surface area (Å²) in [5, 5.41) is 0. The maximum absolute atomic E-state index is 12.4. The van der Waals surface area contributed by atoms with E-state index in [0.29, 0.717) is 18.2 Å². The number of amides is 1. The fraction of sp³-hybridized carbons (Fsp3) is 0.286. The molecule has 1 fully saturated rings. The monoisotopic (exact) mass is 242 g/mol. The summed E-state index contributed by atoms with van der Waals surface area (Å²) < 4.78 is 5.32. The summed E-state index contributed by atoms with van der Waals surface area (Å²) in [6.45, 7) is 0.533. The number of aromatic nitrogens is 1. The average Bonchev–Trinajstić information content (AvgIpc) is 3.13. The number of carbonyl (C=O) groups is 1. The Morgan fingerprint density at radius 3 is 2.89 bits per heavy atom. The van der Waals surface area contributed by atoms with Crippen molar-refractivity contribution in [1.82, 2.24) is 9.88 Å². The number of carbonyl (C=O) groups excluding carboxylic acids is 1.